The first-order valence-electron chi connectivity index (χ1n) is 9.47. The summed E-state index contributed by atoms with van der Waals surface area (Å²) in [4.78, 5) is 14.3. The molecule has 0 radical (unpaired) electrons. The maximum Gasteiger partial charge on any atom is 0.222 e. The van der Waals surface area contributed by atoms with Gasteiger partial charge < -0.3 is 14.7 Å². The zero-order valence-electron chi connectivity index (χ0n) is 15.4. The molecule has 0 spiro atoms. The molecule has 4 nitrogen and oxygen atoms in total. The van der Waals surface area contributed by atoms with Crippen molar-refractivity contribution < 1.29 is 19.0 Å². The Balaban J connectivity index is 1.49. The average molecular weight is 371 g/mol. The number of likely N-dealkylation sites (tertiary alicyclic amines) is 1. The monoisotopic (exact) mass is 371 g/mol. The molecule has 2 aromatic rings. The van der Waals surface area contributed by atoms with E-state index in [2.05, 4.69) is 0 Å². The third-order valence-corrected chi connectivity index (χ3v) is 5.09. The quantitative estimate of drug-likeness (QED) is 0.844. The summed E-state index contributed by atoms with van der Waals surface area (Å²) in [7, 11) is 0. The fourth-order valence-electron chi connectivity index (χ4n) is 3.41. The SMILES string of the molecule is O=C(CCc1ccccc1F)N1CCCC(O)(COc2ccccc2)CC1. The molecule has 0 aromatic heterocycles. The molecule has 0 bridgehead atoms. The summed E-state index contributed by atoms with van der Waals surface area (Å²) >= 11 is 0. The first-order chi connectivity index (χ1) is 13.1. The van der Waals surface area contributed by atoms with Crippen LogP contribution in [0.15, 0.2) is 54.6 Å². The van der Waals surface area contributed by atoms with Crippen molar-refractivity contribution in [1.82, 2.24) is 4.90 Å². The van der Waals surface area contributed by atoms with E-state index in [1.54, 1.807) is 23.1 Å². The number of carbonyl (C=O) groups is 1. The number of hydrogen-bond donors (Lipinski definition) is 1. The first-order valence-corrected chi connectivity index (χ1v) is 9.47. The van der Waals surface area contributed by atoms with Crippen LogP contribution in [-0.2, 0) is 11.2 Å². The molecule has 1 aliphatic rings. The standard InChI is InChI=1S/C22H26FNO3/c23-20-10-5-4-7-18(20)11-12-21(25)24-15-6-13-22(26,14-16-24)17-27-19-8-2-1-3-9-19/h1-5,7-10,26H,6,11-17H2. The van der Waals surface area contributed by atoms with Gasteiger partial charge in [0.2, 0.25) is 5.91 Å². The van der Waals surface area contributed by atoms with Gasteiger partial charge in [0.1, 0.15) is 23.8 Å². The Labute approximate surface area is 159 Å². The van der Waals surface area contributed by atoms with Crippen molar-refractivity contribution in [3.63, 3.8) is 0 Å². The predicted molar refractivity (Wildman–Crippen MR) is 102 cm³/mol. The van der Waals surface area contributed by atoms with Crippen molar-refractivity contribution in [2.45, 2.75) is 37.7 Å². The highest BCUT2D eigenvalue weighted by Gasteiger charge is 2.32. The molecule has 0 saturated carbocycles. The minimum Gasteiger partial charge on any atom is -0.491 e. The molecule has 1 amide bonds. The topological polar surface area (TPSA) is 49.8 Å². The molecule has 27 heavy (non-hydrogen) atoms. The van der Waals surface area contributed by atoms with Gasteiger partial charge >= 0.3 is 0 Å². The summed E-state index contributed by atoms with van der Waals surface area (Å²) in [6.45, 7) is 1.32. The predicted octanol–water partition coefficient (Wildman–Crippen LogP) is 3.58. The van der Waals surface area contributed by atoms with Gasteiger partial charge in [0, 0.05) is 19.5 Å². The number of rotatable bonds is 6. The largest absolute Gasteiger partial charge is 0.491 e. The highest BCUT2D eigenvalue weighted by molar-refractivity contribution is 5.76. The van der Waals surface area contributed by atoms with E-state index in [9.17, 15) is 14.3 Å². The lowest BCUT2D eigenvalue weighted by molar-refractivity contribution is -0.131. The molecule has 1 heterocycles. The van der Waals surface area contributed by atoms with Crippen LogP contribution >= 0.6 is 0 Å². The molecule has 144 valence electrons. The number of hydrogen-bond acceptors (Lipinski definition) is 3. The lowest BCUT2D eigenvalue weighted by Crippen LogP contribution is -2.38. The molecule has 1 aliphatic heterocycles. The Morgan fingerprint density at radius 1 is 1.07 bits per heavy atom. The molecule has 5 heteroatoms. The van der Waals surface area contributed by atoms with Gasteiger partial charge in [0.05, 0.1) is 0 Å². The molecule has 2 aromatic carbocycles. The van der Waals surface area contributed by atoms with E-state index in [4.69, 9.17) is 4.74 Å². The van der Waals surface area contributed by atoms with Gasteiger partial charge in [-0.25, -0.2) is 4.39 Å². The Kier molecular flexibility index (Phi) is 6.45. The van der Waals surface area contributed by atoms with E-state index in [1.807, 2.05) is 30.3 Å². The Morgan fingerprint density at radius 2 is 1.81 bits per heavy atom. The van der Waals surface area contributed by atoms with E-state index in [0.29, 0.717) is 37.9 Å². The highest BCUT2D eigenvalue weighted by atomic mass is 19.1. The fourth-order valence-corrected chi connectivity index (χ4v) is 3.41. The Morgan fingerprint density at radius 3 is 2.59 bits per heavy atom. The zero-order valence-corrected chi connectivity index (χ0v) is 15.4. The second-order valence-electron chi connectivity index (χ2n) is 7.15. The Hall–Kier alpha value is -2.40. The van der Waals surface area contributed by atoms with Gasteiger partial charge in [-0.1, -0.05) is 36.4 Å². The van der Waals surface area contributed by atoms with Crippen LogP contribution in [0.3, 0.4) is 0 Å². The van der Waals surface area contributed by atoms with Crippen LogP contribution in [-0.4, -0.2) is 41.2 Å². The summed E-state index contributed by atoms with van der Waals surface area (Å²) in [6, 6.07) is 16.0. The number of aliphatic hydroxyl groups is 1. The lowest BCUT2D eigenvalue weighted by atomic mass is 9.96. The summed E-state index contributed by atoms with van der Waals surface area (Å²) in [5.41, 5.74) is -0.371. The van der Waals surface area contributed by atoms with E-state index in [1.165, 1.54) is 6.07 Å². The third-order valence-electron chi connectivity index (χ3n) is 5.09. The number of halogens is 1. The molecular weight excluding hydrogens is 345 g/mol. The van der Waals surface area contributed by atoms with Crippen molar-refractivity contribution in [3.8, 4) is 5.75 Å². The average Bonchev–Trinajstić information content (AvgIpc) is 2.89. The maximum atomic E-state index is 13.7. The minimum absolute atomic E-state index is 0.00600. The molecule has 1 unspecified atom stereocenters. The number of para-hydroxylation sites is 1. The van der Waals surface area contributed by atoms with Crippen molar-refractivity contribution in [3.05, 3.63) is 66.0 Å². The minimum atomic E-state index is -0.934. The maximum absolute atomic E-state index is 13.7. The Bertz CT molecular complexity index is 752. The van der Waals surface area contributed by atoms with Crippen LogP contribution < -0.4 is 4.74 Å². The second-order valence-corrected chi connectivity index (χ2v) is 7.15. The molecule has 1 N–H and O–H groups in total. The van der Waals surface area contributed by atoms with Crippen molar-refractivity contribution in [2.24, 2.45) is 0 Å². The number of nitrogens with zero attached hydrogens (tertiary/aromatic N) is 1. The van der Waals surface area contributed by atoms with Gasteiger partial charge in [-0.3, -0.25) is 4.79 Å². The number of aryl methyl sites for hydroxylation is 1. The van der Waals surface area contributed by atoms with Crippen LogP contribution in [0, 0.1) is 5.82 Å². The van der Waals surface area contributed by atoms with Crippen LogP contribution in [0.4, 0.5) is 4.39 Å². The molecule has 1 fully saturated rings. The van der Waals surface area contributed by atoms with Crippen LogP contribution in [0.2, 0.25) is 0 Å². The van der Waals surface area contributed by atoms with E-state index >= 15 is 0 Å². The van der Waals surface area contributed by atoms with Gasteiger partial charge in [-0.05, 0) is 49.4 Å². The first kappa shape index (κ1) is 19.4. The number of ether oxygens (including phenoxy) is 1. The summed E-state index contributed by atoms with van der Waals surface area (Å²) < 4.78 is 19.4. The van der Waals surface area contributed by atoms with Gasteiger partial charge in [-0.15, -0.1) is 0 Å². The number of benzene rings is 2. The van der Waals surface area contributed by atoms with Crippen molar-refractivity contribution >= 4 is 5.91 Å². The lowest BCUT2D eigenvalue weighted by Gasteiger charge is -2.27. The zero-order chi connectivity index (χ0) is 19.1. The van der Waals surface area contributed by atoms with E-state index < -0.39 is 5.60 Å². The molecule has 1 saturated heterocycles. The summed E-state index contributed by atoms with van der Waals surface area (Å²) in [6.07, 6.45) is 2.46. The molecule has 1 atom stereocenters. The van der Waals surface area contributed by atoms with Crippen molar-refractivity contribution in [2.75, 3.05) is 19.7 Å². The van der Waals surface area contributed by atoms with Gasteiger partial charge in [0.25, 0.3) is 0 Å². The molecule has 0 aliphatic carbocycles. The second kappa shape index (κ2) is 9.00. The van der Waals surface area contributed by atoms with Crippen LogP contribution in [0.1, 0.15) is 31.2 Å². The van der Waals surface area contributed by atoms with E-state index in [0.717, 1.165) is 12.2 Å². The van der Waals surface area contributed by atoms with Crippen LogP contribution in [0.25, 0.3) is 0 Å². The molecule has 3 rings (SSSR count). The summed E-state index contributed by atoms with van der Waals surface area (Å²) in [5, 5.41) is 10.8. The summed E-state index contributed by atoms with van der Waals surface area (Å²) in [5.74, 6) is 0.466. The van der Waals surface area contributed by atoms with Gasteiger partial charge in [-0.2, -0.15) is 0 Å². The number of carbonyl (C=O) groups excluding carboxylic acids is 1. The van der Waals surface area contributed by atoms with E-state index in [-0.39, 0.29) is 24.8 Å². The highest BCUT2D eigenvalue weighted by Crippen LogP contribution is 2.24. The van der Waals surface area contributed by atoms with Crippen molar-refractivity contribution in [1.29, 1.82) is 0 Å². The fraction of sp³-hybridized carbons (Fsp3) is 0.409. The van der Waals surface area contributed by atoms with Crippen LogP contribution in [0.5, 0.6) is 5.75 Å². The molecular formula is C22H26FNO3. The smallest absolute Gasteiger partial charge is 0.222 e. The normalized spacial score (nSPS) is 20.1. The third kappa shape index (κ3) is 5.54. The van der Waals surface area contributed by atoms with Gasteiger partial charge in [0.15, 0.2) is 0 Å². The number of amides is 1.